The molecule has 0 unspecified atom stereocenters. The molecule has 2 amide bonds. The second-order valence-electron chi connectivity index (χ2n) is 6.00. The Kier molecular flexibility index (Phi) is 5.12. The number of carbonyl (C=O) groups excluding carboxylic acids is 2. The molecule has 26 heavy (non-hydrogen) atoms. The van der Waals surface area contributed by atoms with Crippen molar-refractivity contribution in [2.24, 2.45) is 0 Å². The number of rotatable bonds is 5. The van der Waals surface area contributed by atoms with Crippen molar-refractivity contribution in [3.63, 3.8) is 0 Å². The summed E-state index contributed by atoms with van der Waals surface area (Å²) >= 11 is 0. The number of amides is 2. The average Bonchev–Trinajstić information content (AvgIpc) is 2.67. The zero-order valence-electron chi connectivity index (χ0n) is 14.4. The van der Waals surface area contributed by atoms with Gasteiger partial charge in [-0.2, -0.15) is 0 Å². The topological polar surface area (TPSA) is 82.3 Å². The van der Waals surface area contributed by atoms with Crippen LogP contribution in [0.5, 0.6) is 0 Å². The first-order valence-electron chi connectivity index (χ1n) is 8.23. The molecule has 3 aromatic rings. The second-order valence-corrected chi connectivity index (χ2v) is 6.00. The van der Waals surface area contributed by atoms with E-state index in [0.717, 1.165) is 5.56 Å². The molecular weight excluding hydrogens is 330 g/mol. The predicted octanol–water partition coefficient (Wildman–Crippen LogP) is 1.92. The zero-order valence-corrected chi connectivity index (χ0v) is 14.4. The van der Waals surface area contributed by atoms with Crippen molar-refractivity contribution >= 4 is 22.7 Å². The van der Waals surface area contributed by atoms with Crippen molar-refractivity contribution in [1.29, 1.82) is 0 Å². The van der Waals surface area contributed by atoms with Crippen molar-refractivity contribution < 1.29 is 9.59 Å². The van der Waals surface area contributed by atoms with Gasteiger partial charge in [-0.25, -0.2) is 0 Å². The van der Waals surface area contributed by atoms with Gasteiger partial charge in [-0.05, 0) is 17.7 Å². The minimum atomic E-state index is -0.571. The Labute approximate surface area is 150 Å². The van der Waals surface area contributed by atoms with Crippen LogP contribution in [0.1, 0.15) is 15.9 Å². The van der Waals surface area contributed by atoms with E-state index in [0.29, 0.717) is 17.4 Å². The summed E-state index contributed by atoms with van der Waals surface area (Å²) in [6, 6.07) is 16.5. The van der Waals surface area contributed by atoms with E-state index in [-0.39, 0.29) is 23.4 Å². The molecule has 0 aliphatic carbocycles. The highest BCUT2D eigenvalue weighted by atomic mass is 16.2. The number of nitrogens with one attached hydrogen (secondary N) is 2. The number of aromatic amines is 1. The fourth-order valence-corrected chi connectivity index (χ4v) is 2.67. The number of H-pyrrole nitrogens is 1. The quantitative estimate of drug-likeness (QED) is 0.738. The Bertz CT molecular complexity index is 996. The molecule has 1 heterocycles. The van der Waals surface area contributed by atoms with Gasteiger partial charge < -0.3 is 15.2 Å². The highest BCUT2D eigenvalue weighted by molar-refractivity contribution is 5.98. The van der Waals surface area contributed by atoms with Gasteiger partial charge in [-0.15, -0.1) is 0 Å². The number of para-hydroxylation sites is 1. The van der Waals surface area contributed by atoms with E-state index in [2.05, 4.69) is 10.3 Å². The molecule has 0 atom stereocenters. The number of aromatic nitrogens is 1. The van der Waals surface area contributed by atoms with E-state index < -0.39 is 5.91 Å². The monoisotopic (exact) mass is 349 g/mol. The van der Waals surface area contributed by atoms with Crippen LogP contribution in [-0.2, 0) is 11.3 Å². The van der Waals surface area contributed by atoms with Crippen LogP contribution in [0, 0.1) is 0 Å². The first-order chi connectivity index (χ1) is 12.6. The number of nitrogens with zero attached hydrogens (tertiary/aromatic N) is 1. The Morgan fingerprint density at radius 2 is 1.73 bits per heavy atom. The molecule has 0 saturated carbocycles. The van der Waals surface area contributed by atoms with Gasteiger partial charge in [-0.3, -0.25) is 14.4 Å². The summed E-state index contributed by atoms with van der Waals surface area (Å²) in [6.45, 7) is 0.278. The van der Waals surface area contributed by atoms with Gasteiger partial charge in [0, 0.05) is 30.7 Å². The molecule has 0 fully saturated rings. The maximum absolute atomic E-state index is 12.4. The lowest BCUT2D eigenvalue weighted by Gasteiger charge is -2.17. The van der Waals surface area contributed by atoms with Crippen molar-refractivity contribution in [3.05, 3.63) is 82.1 Å². The standard InChI is InChI=1S/C20H19N3O3/c1-23(13-14-7-3-2-4-8-14)18(24)12-22-20(26)16-11-21-17-10-6-5-9-15(17)19(16)25/h2-11H,12-13H2,1H3,(H,21,25)(H,22,26). The Morgan fingerprint density at radius 3 is 2.50 bits per heavy atom. The molecule has 2 N–H and O–H groups in total. The van der Waals surface area contributed by atoms with Crippen LogP contribution in [0.3, 0.4) is 0 Å². The summed E-state index contributed by atoms with van der Waals surface area (Å²) in [6.07, 6.45) is 1.37. The minimum Gasteiger partial charge on any atom is -0.360 e. The lowest BCUT2D eigenvalue weighted by Crippen LogP contribution is -2.39. The molecule has 132 valence electrons. The van der Waals surface area contributed by atoms with E-state index in [1.54, 1.807) is 31.3 Å². The molecule has 6 nitrogen and oxygen atoms in total. The van der Waals surface area contributed by atoms with Crippen LogP contribution in [0.15, 0.2) is 65.6 Å². The third kappa shape index (κ3) is 3.80. The van der Waals surface area contributed by atoms with Crippen molar-refractivity contribution in [3.8, 4) is 0 Å². The summed E-state index contributed by atoms with van der Waals surface area (Å²) in [5.41, 5.74) is 1.29. The van der Waals surface area contributed by atoms with Crippen LogP contribution in [0.4, 0.5) is 0 Å². The summed E-state index contributed by atoms with van der Waals surface area (Å²) in [5, 5.41) is 2.96. The van der Waals surface area contributed by atoms with Crippen LogP contribution >= 0.6 is 0 Å². The van der Waals surface area contributed by atoms with Crippen LogP contribution in [0.25, 0.3) is 10.9 Å². The van der Waals surface area contributed by atoms with E-state index in [1.165, 1.54) is 11.1 Å². The van der Waals surface area contributed by atoms with E-state index in [4.69, 9.17) is 0 Å². The molecule has 0 spiro atoms. The van der Waals surface area contributed by atoms with Crippen molar-refractivity contribution in [1.82, 2.24) is 15.2 Å². The minimum absolute atomic E-state index is 0.0118. The number of likely N-dealkylation sites (N-methyl/N-ethyl adjacent to an activating group) is 1. The summed E-state index contributed by atoms with van der Waals surface area (Å²) in [7, 11) is 1.67. The molecular formula is C20H19N3O3. The average molecular weight is 349 g/mol. The number of fused-ring (bicyclic) bond motifs is 1. The summed E-state index contributed by atoms with van der Waals surface area (Å²) in [4.78, 5) is 41.4. The predicted molar refractivity (Wildman–Crippen MR) is 99.8 cm³/mol. The molecule has 3 rings (SSSR count). The molecule has 0 saturated heterocycles. The van der Waals surface area contributed by atoms with E-state index in [1.807, 2.05) is 30.3 Å². The highest BCUT2D eigenvalue weighted by Crippen LogP contribution is 2.07. The molecule has 0 aliphatic rings. The summed E-state index contributed by atoms with van der Waals surface area (Å²) in [5.74, 6) is -0.808. The van der Waals surface area contributed by atoms with Gasteiger partial charge >= 0.3 is 0 Å². The fraction of sp³-hybridized carbons (Fsp3) is 0.150. The number of benzene rings is 2. The Balaban J connectivity index is 1.64. The van der Waals surface area contributed by atoms with Gasteiger partial charge in [0.1, 0.15) is 5.56 Å². The highest BCUT2D eigenvalue weighted by Gasteiger charge is 2.15. The maximum Gasteiger partial charge on any atom is 0.257 e. The lowest BCUT2D eigenvalue weighted by atomic mass is 10.1. The van der Waals surface area contributed by atoms with Crippen LogP contribution < -0.4 is 10.7 Å². The van der Waals surface area contributed by atoms with Gasteiger partial charge in [0.05, 0.1) is 6.54 Å². The maximum atomic E-state index is 12.4. The van der Waals surface area contributed by atoms with E-state index >= 15 is 0 Å². The molecule has 1 aromatic heterocycles. The smallest absolute Gasteiger partial charge is 0.257 e. The number of hydrogen-bond acceptors (Lipinski definition) is 3. The van der Waals surface area contributed by atoms with Gasteiger partial charge in [0.15, 0.2) is 0 Å². The molecule has 0 aliphatic heterocycles. The van der Waals surface area contributed by atoms with Gasteiger partial charge in [0.25, 0.3) is 5.91 Å². The molecule has 0 bridgehead atoms. The second kappa shape index (κ2) is 7.65. The molecule has 0 radical (unpaired) electrons. The first-order valence-corrected chi connectivity index (χ1v) is 8.23. The third-order valence-corrected chi connectivity index (χ3v) is 4.12. The third-order valence-electron chi connectivity index (χ3n) is 4.12. The van der Waals surface area contributed by atoms with E-state index in [9.17, 15) is 14.4 Å². The van der Waals surface area contributed by atoms with Crippen LogP contribution in [0.2, 0.25) is 0 Å². The number of hydrogen-bond donors (Lipinski definition) is 2. The first kappa shape index (κ1) is 17.4. The SMILES string of the molecule is CN(Cc1ccccc1)C(=O)CNC(=O)c1c[nH]c2ccccc2c1=O. The molecule has 2 aromatic carbocycles. The normalized spacial score (nSPS) is 10.5. The fourth-order valence-electron chi connectivity index (χ4n) is 2.67. The molecule has 6 heteroatoms. The largest absolute Gasteiger partial charge is 0.360 e. The summed E-state index contributed by atoms with van der Waals surface area (Å²) < 4.78 is 0. The van der Waals surface area contributed by atoms with Crippen LogP contribution in [-0.4, -0.2) is 35.3 Å². The lowest BCUT2D eigenvalue weighted by molar-refractivity contribution is -0.129. The zero-order chi connectivity index (χ0) is 18.5. The van der Waals surface area contributed by atoms with Crippen molar-refractivity contribution in [2.45, 2.75) is 6.54 Å². The Morgan fingerprint density at radius 1 is 1.04 bits per heavy atom. The number of carbonyl (C=O) groups is 2. The van der Waals surface area contributed by atoms with Gasteiger partial charge in [-0.1, -0.05) is 42.5 Å². The van der Waals surface area contributed by atoms with Crippen molar-refractivity contribution in [2.75, 3.05) is 13.6 Å². The van der Waals surface area contributed by atoms with Gasteiger partial charge in [0.2, 0.25) is 11.3 Å². The number of pyridine rings is 1. The Hall–Kier alpha value is -3.41.